The van der Waals surface area contributed by atoms with Gasteiger partial charge in [0.05, 0.1) is 25.5 Å². The first-order valence-electron chi connectivity index (χ1n) is 11.1. The molecule has 1 amide bonds. The lowest BCUT2D eigenvalue weighted by Gasteiger charge is -2.28. The highest BCUT2D eigenvalue weighted by Crippen LogP contribution is 2.23. The van der Waals surface area contributed by atoms with Gasteiger partial charge in [-0.05, 0) is 55.8 Å². The van der Waals surface area contributed by atoms with Gasteiger partial charge in [-0.2, -0.15) is 10.4 Å². The highest BCUT2D eigenvalue weighted by Gasteiger charge is 2.16. The number of hydrogen-bond acceptors (Lipinski definition) is 5. The smallest absolute Gasteiger partial charge is 0.266 e. The van der Waals surface area contributed by atoms with Crippen LogP contribution in [-0.4, -0.2) is 42.0 Å². The summed E-state index contributed by atoms with van der Waals surface area (Å²) in [4.78, 5) is 15.1. The maximum absolute atomic E-state index is 12.8. The highest BCUT2D eigenvalue weighted by atomic mass is 35.5. The van der Waals surface area contributed by atoms with Crippen LogP contribution in [0.2, 0.25) is 5.02 Å². The number of ether oxygens (including phenoxy) is 1. The average molecular weight is 476 g/mol. The molecule has 8 heteroatoms. The largest absolute Gasteiger partial charge is 0.378 e. The second-order valence-corrected chi connectivity index (χ2v) is 8.51. The van der Waals surface area contributed by atoms with Crippen LogP contribution in [0.15, 0.2) is 54.1 Å². The third-order valence-electron chi connectivity index (χ3n) is 5.87. The number of hydrogen-bond donors (Lipinski definition) is 1. The Morgan fingerprint density at radius 3 is 2.56 bits per heavy atom. The van der Waals surface area contributed by atoms with Crippen molar-refractivity contribution in [1.29, 1.82) is 5.26 Å². The lowest BCUT2D eigenvalue weighted by atomic mass is 10.1. The Balaban J connectivity index is 1.49. The highest BCUT2D eigenvalue weighted by molar-refractivity contribution is 6.31. The van der Waals surface area contributed by atoms with E-state index in [1.807, 2.05) is 73.1 Å². The molecule has 1 N–H and O–H groups in total. The van der Waals surface area contributed by atoms with Crippen molar-refractivity contribution >= 4 is 35.0 Å². The van der Waals surface area contributed by atoms with Gasteiger partial charge in [-0.25, -0.2) is 0 Å². The average Bonchev–Trinajstić information content (AvgIpc) is 3.11. The van der Waals surface area contributed by atoms with E-state index in [0.29, 0.717) is 30.5 Å². The predicted octanol–water partition coefficient (Wildman–Crippen LogP) is 4.58. The van der Waals surface area contributed by atoms with E-state index in [2.05, 4.69) is 15.3 Å². The van der Waals surface area contributed by atoms with Gasteiger partial charge in [0.25, 0.3) is 5.91 Å². The van der Waals surface area contributed by atoms with Crippen LogP contribution in [0.5, 0.6) is 0 Å². The van der Waals surface area contributed by atoms with Crippen LogP contribution in [0.4, 0.5) is 11.4 Å². The molecule has 4 rings (SSSR count). The second kappa shape index (κ2) is 10.6. The van der Waals surface area contributed by atoms with Crippen molar-refractivity contribution in [1.82, 2.24) is 9.78 Å². The number of nitrogens with zero attached hydrogens (tertiary/aromatic N) is 4. The van der Waals surface area contributed by atoms with Crippen molar-refractivity contribution in [3.8, 4) is 6.07 Å². The summed E-state index contributed by atoms with van der Waals surface area (Å²) in [5.41, 5.74) is 5.01. The maximum atomic E-state index is 12.8. The molecule has 0 atom stereocenters. The number of anilines is 2. The fraction of sp³-hybridized carbons (Fsp3) is 0.269. The summed E-state index contributed by atoms with van der Waals surface area (Å²) in [6.07, 6.45) is 1.60. The summed E-state index contributed by atoms with van der Waals surface area (Å²) in [5.74, 6) is -0.459. The molecule has 1 saturated heterocycles. The number of halogens is 1. The van der Waals surface area contributed by atoms with Crippen LogP contribution in [0.3, 0.4) is 0 Å². The molecule has 2 heterocycles. The molecule has 0 unspecified atom stereocenters. The number of rotatable bonds is 6. The zero-order valence-corrected chi connectivity index (χ0v) is 20.0. The van der Waals surface area contributed by atoms with Gasteiger partial charge in [-0.3, -0.25) is 9.48 Å². The number of benzene rings is 2. The van der Waals surface area contributed by atoms with E-state index in [-0.39, 0.29) is 5.57 Å². The Hall–Kier alpha value is -3.60. The minimum Gasteiger partial charge on any atom is -0.378 e. The van der Waals surface area contributed by atoms with Crippen molar-refractivity contribution in [2.45, 2.75) is 20.4 Å². The Morgan fingerprint density at radius 2 is 1.88 bits per heavy atom. The first-order valence-corrected chi connectivity index (χ1v) is 11.5. The van der Waals surface area contributed by atoms with Crippen LogP contribution in [-0.2, 0) is 16.1 Å². The zero-order chi connectivity index (χ0) is 24.1. The van der Waals surface area contributed by atoms with Crippen molar-refractivity contribution < 1.29 is 9.53 Å². The van der Waals surface area contributed by atoms with E-state index < -0.39 is 5.91 Å². The van der Waals surface area contributed by atoms with Crippen molar-refractivity contribution in [2.24, 2.45) is 0 Å². The van der Waals surface area contributed by atoms with Crippen LogP contribution in [0.25, 0.3) is 6.08 Å². The molecule has 2 aromatic carbocycles. The van der Waals surface area contributed by atoms with E-state index in [1.54, 1.807) is 6.08 Å². The van der Waals surface area contributed by atoms with Gasteiger partial charge in [0.1, 0.15) is 11.6 Å². The van der Waals surface area contributed by atoms with Gasteiger partial charge in [-0.15, -0.1) is 0 Å². The molecule has 174 valence electrons. The number of aromatic nitrogens is 2. The Bertz CT molecular complexity index is 1250. The summed E-state index contributed by atoms with van der Waals surface area (Å²) in [6, 6.07) is 17.2. The summed E-state index contributed by atoms with van der Waals surface area (Å²) in [7, 11) is 0. The molecule has 1 aliphatic heterocycles. The van der Waals surface area contributed by atoms with E-state index in [0.717, 1.165) is 41.3 Å². The number of amides is 1. The van der Waals surface area contributed by atoms with Crippen LogP contribution in [0, 0.1) is 25.2 Å². The lowest BCUT2D eigenvalue weighted by molar-refractivity contribution is -0.112. The monoisotopic (exact) mass is 475 g/mol. The number of nitrogens with one attached hydrogen (secondary N) is 1. The van der Waals surface area contributed by atoms with Crippen LogP contribution in [0.1, 0.15) is 22.5 Å². The van der Waals surface area contributed by atoms with E-state index in [4.69, 9.17) is 16.3 Å². The molecule has 3 aromatic rings. The fourth-order valence-corrected chi connectivity index (χ4v) is 4.13. The van der Waals surface area contributed by atoms with Crippen molar-refractivity contribution in [3.05, 3.63) is 81.6 Å². The number of carbonyl (C=O) groups is 1. The third-order valence-corrected chi connectivity index (χ3v) is 6.24. The van der Waals surface area contributed by atoms with Gasteiger partial charge in [0.15, 0.2) is 0 Å². The minimum absolute atomic E-state index is 0.0146. The molecule has 0 saturated carbocycles. The minimum atomic E-state index is -0.459. The number of carbonyl (C=O) groups excluding carboxylic acids is 1. The number of morpholine rings is 1. The molecule has 0 spiro atoms. The van der Waals surface area contributed by atoms with Gasteiger partial charge < -0.3 is 15.0 Å². The molecule has 34 heavy (non-hydrogen) atoms. The zero-order valence-electron chi connectivity index (χ0n) is 19.2. The second-order valence-electron chi connectivity index (χ2n) is 8.10. The molecule has 0 aliphatic carbocycles. The summed E-state index contributed by atoms with van der Waals surface area (Å²) in [6.45, 7) is 7.39. The molecule has 0 bridgehead atoms. The number of aryl methyl sites for hydroxylation is 1. The van der Waals surface area contributed by atoms with Crippen molar-refractivity contribution in [2.75, 3.05) is 36.5 Å². The summed E-state index contributed by atoms with van der Waals surface area (Å²) >= 11 is 6.30. The van der Waals surface area contributed by atoms with Gasteiger partial charge in [0, 0.05) is 40.7 Å². The predicted molar refractivity (Wildman–Crippen MR) is 134 cm³/mol. The Kier molecular flexibility index (Phi) is 7.31. The molecule has 0 radical (unpaired) electrons. The lowest BCUT2D eigenvalue weighted by Crippen LogP contribution is -2.36. The van der Waals surface area contributed by atoms with E-state index in [1.165, 1.54) is 0 Å². The van der Waals surface area contributed by atoms with Gasteiger partial charge in [0.2, 0.25) is 0 Å². The first-order chi connectivity index (χ1) is 16.5. The summed E-state index contributed by atoms with van der Waals surface area (Å²) < 4.78 is 7.22. The number of nitriles is 1. The van der Waals surface area contributed by atoms with Crippen molar-refractivity contribution in [3.63, 3.8) is 0 Å². The van der Waals surface area contributed by atoms with Crippen LogP contribution >= 0.6 is 11.6 Å². The van der Waals surface area contributed by atoms with E-state index in [9.17, 15) is 10.1 Å². The summed E-state index contributed by atoms with van der Waals surface area (Å²) in [5, 5.41) is 17.7. The normalized spacial score (nSPS) is 14.1. The third kappa shape index (κ3) is 5.30. The standard InChI is InChI=1S/C26H26ClN5O2/c1-18-24(19(2)32(30-18)17-20-5-3-4-6-25(20)27)15-21(16-28)26(33)29-22-7-9-23(10-8-22)31-11-13-34-14-12-31/h3-10,15H,11-14,17H2,1-2H3,(H,29,33)/b21-15+. The molecule has 1 aromatic heterocycles. The molecule has 1 aliphatic rings. The van der Waals surface area contributed by atoms with E-state index >= 15 is 0 Å². The molecule has 1 fully saturated rings. The van der Waals surface area contributed by atoms with Crippen LogP contribution < -0.4 is 10.2 Å². The quantitative estimate of drug-likeness (QED) is 0.416. The fourth-order valence-electron chi connectivity index (χ4n) is 3.93. The first kappa shape index (κ1) is 23.6. The SMILES string of the molecule is Cc1nn(Cc2ccccc2Cl)c(C)c1/C=C(\C#N)C(=O)Nc1ccc(N2CCOCC2)cc1. The molecular weight excluding hydrogens is 450 g/mol. The topological polar surface area (TPSA) is 83.2 Å². The Labute approximate surface area is 204 Å². The molecular formula is C26H26ClN5O2. The Morgan fingerprint density at radius 1 is 1.18 bits per heavy atom. The van der Waals surface area contributed by atoms with Gasteiger partial charge >= 0.3 is 0 Å². The maximum Gasteiger partial charge on any atom is 0.266 e. The van der Waals surface area contributed by atoms with Gasteiger partial charge in [-0.1, -0.05) is 29.8 Å². The molecule has 7 nitrogen and oxygen atoms in total.